The van der Waals surface area contributed by atoms with Gasteiger partial charge in [0.15, 0.2) is 0 Å². The van der Waals surface area contributed by atoms with Gasteiger partial charge >= 0.3 is 0 Å². The van der Waals surface area contributed by atoms with E-state index in [1.807, 2.05) is 45.0 Å². The largest absolute Gasteiger partial charge is 0.494 e. The van der Waals surface area contributed by atoms with E-state index in [0.29, 0.717) is 24.6 Å². The number of hydrogen-bond donors (Lipinski definition) is 1. The minimum Gasteiger partial charge on any atom is -0.494 e. The molecule has 0 spiro atoms. The molecule has 3 rings (SSSR count). The molecule has 208 valence electrons. The molecule has 0 saturated heterocycles. The number of anilines is 1. The van der Waals surface area contributed by atoms with Crippen LogP contribution in [0.5, 0.6) is 5.75 Å². The first-order valence-electron chi connectivity index (χ1n) is 13.0. The third-order valence-electron chi connectivity index (χ3n) is 6.32. The van der Waals surface area contributed by atoms with Crippen molar-refractivity contribution in [1.82, 2.24) is 10.2 Å². The summed E-state index contributed by atoms with van der Waals surface area (Å²) in [4.78, 5) is 28.1. The first-order chi connectivity index (χ1) is 18.6. The number of nitrogens with one attached hydrogen (secondary N) is 1. The number of benzene rings is 3. The monoisotopic (exact) mass is 551 g/mol. The predicted molar refractivity (Wildman–Crippen MR) is 153 cm³/mol. The zero-order valence-corrected chi connectivity index (χ0v) is 24.0. The summed E-state index contributed by atoms with van der Waals surface area (Å²) < 4.78 is 34.3. The van der Waals surface area contributed by atoms with Crippen LogP contribution in [-0.4, -0.2) is 50.9 Å². The number of ether oxygens (including phenoxy) is 1. The molecule has 3 aromatic rings. The molecule has 0 aliphatic carbocycles. The van der Waals surface area contributed by atoms with E-state index in [1.54, 1.807) is 50.2 Å². The molecule has 9 heteroatoms. The van der Waals surface area contributed by atoms with E-state index in [2.05, 4.69) is 5.32 Å². The summed E-state index contributed by atoms with van der Waals surface area (Å²) in [5.74, 6) is -0.225. The Morgan fingerprint density at radius 1 is 0.872 bits per heavy atom. The molecule has 0 aliphatic rings. The molecule has 0 saturated carbocycles. The number of aryl methyl sites for hydroxylation is 2. The van der Waals surface area contributed by atoms with Crippen LogP contribution >= 0.6 is 0 Å². The van der Waals surface area contributed by atoms with Crippen LogP contribution in [0.15, 0.2) is 77.7 Å². The molecule has 0 aliphatic heterocycles. The van der Waals surface area contributed by atoms with Crippen molar-refractivity contribution in [2.75, 3.05) is 24.0 Å². The fourth-order valence-electron chi connectivity index (χ4n) is 4.04. The smallest absolute Gasteiger partial charge is 0.264 e. The van der Waals surface area contributed by atoms with Gasteiger partial charge < -0.3 is 15.0 Å². The van der Waals surface area contributed by atoms with Gasteiger partial charge in [-0.25, -0.2) is 8.42 Å². The van der Waals surface area contributed by atoms with Gasteiger partial charge in [0.2, 0.25) is 11.8 Å². The molecular weight excluding hydrogens is 514 g/mol. The average molecular weight is 552 g/mol. The van der Waals surface area contributed by atoms with E-state index in [1.165, 1.54) is 17.0 Å². The summed E-state index contributed by atoms with van der Waals surface area (Å²) in [5, 5.41) is 2.76. The van der Waals surface area contributed by atoms with E-state index in [0.717, 1.165) is 21.0 Å². The third kappa shape index (κ3) is 7.60. The molecule has 39 heavy (non-hydrogen) atoms. The number of hydrogen-bond acceptors (Lipinski definition) is 5. The molecule has 0 aromatic heterocycles. The molecule has 0 radical (unpaired) electrons. The van der Waals surface area contributed by atoms with E-state index in [4.69, 9.17) is 4.74 Å². The highest BCUT2D eigenvalue weighted by Gasteiger charge is 2.32. The molecule has 1 atom stereocenters. The van der Waals surface area contributed by atoms with Gasteiger partial charge in [-0.1, -0.05) is 47.5 Å². The molecule has 0 unspecified atom stereocenters. The first kappa shape index (κ1) is 29.7. The number of likely N-dealkylation sites (N-methyl/N-ethyl adjacent to an activating group) is 1. The Balaban J connectivity index is 2.02. The second-order valence-corrected chi connectivity index (χ2v) is 11.2. The third-order valence-corrected chi connectivity index (χ3v) is 8.10. The maximum absolute atomic E-state index is 13.9. The van der Waals surface area contributed by atoms with Crippen LogP contribution in [0.1, 0.15) is 37.5 Å². The van der Waals surface area contributed by atoms with Gasteiger partial charge in [0.1, 0.15) is 18.3 Å². The van der Waals surface area contributed by atoms with Gasteiger partial charge in [0, 0.05) is 13.1 Å². The summed E-state index contributed by atoms with van der Waals surface area (Å²) in [6.45, 7) is 9.69. The lowest BCUT2D eigenvalue weighted by Crippen LogP contribution is -2.51. The molecule has 3 aromatic carbocycles. The molecule has 1 N–H and O–H groups in total. The summed E-state index contributed by atoms with van der Waals surface area (Å²) in [6, 6.07) is 19.9. The van der Waals surface area contributed by atoms with Crippen molar-refractivity contribution in [2.24, 2.45) is 0 Å². The van der Waals surface area contributed by atoms with E-state index >= 15 is 0 Å². The Morgan fingerprint density at radius 2 is 1.44 bits per heavy atom. The molecule has 0 heterocycles. The summed E-state index contributed by atoms with van der Waals surface area (Å²) >= 11 is 0. The maximum Gasteiger partial charge on any atom is 0.264 e. The highest BCUT2D eigenvalue weighted by atomic mass is 32.2. The van der Waals surface area contributed by atoms with Crippen molar-refractivity contribution >= 4 is 27.5 Å². The normalized spacial score (nSPS) is 11.9. The van der Waals surface area contributed by atoms with Gasteiger partial charge in [-0.3, -0.25) is 13.9 Å². The van der Waals surface area contributed by atoms with Crippen LogP contribution in [0, 0.1) is 13.8 Å². The van der Waals surface area contributed by atoms with Gasteiger partial charge in [-0.15, -0.1) is 0 Å². The van der Waals surface area contributed by atoms with Gasteiger partial charge in [-0.2, -0.15) is 0 Å². The number of sulfonamides is 1. The highest BCUT2D eigenvalue weighted by molar-refractivity contribution is 7.92. The average Bonchev–Trinajstić information content (AvgIpc) is 2.92. The van der Waals surface area contributed by atoms with Crippen molar-refractivity contribution in [3.63, 3.8) is 0 Å². The van der Waals surface area contributed by atoms with E-state index in [9.17, 15) is 18.0 Å². The van der Waals surface area contributed by atoms with Crippen LogP contribution in [0.4, 0.5) is 5.69 Å². The topological polar surface area (TPSA) is 96.0 Å². The fourth-order valence-corrected chi connectivity index (χ4v) is 5.45. The molecule has 8 nitrogen and oxygen atoms in total. The Kier molecular flexibility index (Phi) is 10.1. The molecule has 2 amide bonds. The number of carbonyl (C=O) groups is 2. The van der Waals surface area contributed by atoms with Crippen LogP contribution in [0.3, 0.4) is 0 Å². The second kappa shape index (κ2) is 13.3. The second-order valence-electron chi connectivity index (χ2n) is 9.33. The highest BCUT2D eigenvalue weighted by Crippen LogP contribution is 2.27. The van der Waals surface area contributed by atoms with Crippen LogP contribution in [0.2, 0.25) is 0 Å². The Bertz CT molecular complexity index is 1360. The lowest BCUT2D eigenvalue weighted by atomic mass is 10.1. The van der Waals surface area contributed by atoms with Crippen LogP contribution in [0.25, 0.3) is 0 Å². The van der Waals surface area contributed by atoms with Crippen molar-refractivity contribution in [2.45, 2.75) is 52.1 Å². The van der Waals surface area contributed by atoms with Crippen molar-refractivity contribution in [3.05, 3.63) is 89.5 Å². The standard InChI is InChI=1S/C30H37N3O5S/c1-6-31-30(35)24(5)32(20-25-12-8-22(3)9-13-25)29(34)21-33(26-14-16-27(17-15-26)38-7-2)39(36,37)28-18-10-23(4)11-19-28/h8-19,24H,6-7,20-21H2,1-5H3,(H,31,35)/t24-/m0/s1. The number of carbonyl (C=O) groups excluding carboxylic acids is 2. The van der Waals surface area contributed by atoms with Crippen molar-refractivity contribution < 1.29 is 22.7 Å². The quantitative estimate of drug-likeness (QED) is 0.359. The van der Waals surface area contributed by atoms with E-state index < -0.39 is 28.5 Å². The summed E-state index contributed by atoms with van der Waals surface area (Å²) in [7, 11) is -4.11. The zero-order valence-electron chi connectivity index (χ0n) is 23.2. The summed E-state index contributed by atoms with van der Waals surface area (Å²) in [5.41, 5.74) is 3.13. The van der Waals surface area contributed by atoms with Gasteiger partial charge in [0.05, 0.1) is 17.2 Å². The van der Waals surface area contributed by atoms with Crippen LogP contribution < -0.4 is 14.4 Å². The Labute approximate surface area is 231 Å². The fraction of sp³-hybridized carbons (Fsp3) is 0.333. The minimum absolute atomic E-state index is 0.0663. The summed E-state index contributed by atoms with van der Waals surface area (Å²) in [6.07, 6.45) is 0. The lowest BCUT2D eigenvalue weighted by molar-refractivity contribution is -0.139. The molecule has 0 bridgehead atoms. The zero-order chi connectivity index (χ0) is 28.6. The Hall–Kier alpha value is -3.85. The van der Waals surface area contributed by atoms with Gasteiger partial charge in [-0.05, 0) is 76.6 Å². The predicted octanol–water partition coefficient (Wildman–Crippen LogP) is 4.45. The molecule has 0 fully saturated rings. The Morgan fingerprint density at radius 3 is 1.97 bits per heavy atom. The maximum atomic E-state index is 13.9. The number of rotatable bonds is 12. The number of amides is 2. The molecular formula is C30H37N3O5S. The number of nitrogens with zero attached hydrogens (tertiary/aromatic N) is 2. The SMILES string of the molecule is CCNC(=O)[C@H](C)N(Cc1ccc(C)cc1)C(=O)CN(c1ccc(OCC)cc1)S(=O)(=O)c1ccc(C)cc1. The lowest BCUT2D eigenvalue weighted by Gasteiger charge is -2.32. The van der Waals surface area contributed by atoms with Crippen molar-refractivity contribution in [1.29, 1.82) is 0 Å². The van der Waals surface area contributed by atoms with Gasteiger partial charge in [0.25, 0.3) is 10.0 Å². The minimum atomic E-state index is -4.11. The van der Waals surface area contributed by atoms with Crippen molar-refractivity contribution in [3.8, 4) is 5.75 Å². The van der Waals surface area contributed by atoms with E-state index in [-0.39, 0.29) is 17.3 Å². The van der Waals surface area contributed by atoms with Crippen LogP contribution in [-0.2, 0) is 26.2 Å². The first-order valence-corrected chi connectivity index (χ1v) is 14.5.